The highest BCUT2D eigenvalue weighted by molar-refractivity contribution is 7.99. The van der Waals surface area contributed by atoms with Crippen LogP contribution in [0, 0.1) is 17.2 Å². The van der Waals surface area contributed by atoms with Gasteiger partial charge in [0.1, 0.15) is 5.56 Å². The van der Waals surface area contributed by atoms with E-state index in [1.807, 2.05) is 0 Å². The summed E-state index contributed by atoms with van der Waals surface area (Å²) in [6.45, 7) is 0. The normalized spacial score (nSPS) is 20.1. The second-order valence-electron chi connectivity index (χ2n) is 6.10. The number of carbonyl (C=O) groups is 1. The molecule has 0 spiro atoms. The van der Waals surface area contributed by atoms with Gasteiger partial charge in [-0.25, -0.2) is 0 Å². The van der Waals surface area contributed by atoms with Gasteiger partial charge >= 0.3 is 6.18 Å². The lowest BCUT2D eigenvalue weighted by Gasteiger charge is -2.26. The van der Waals surface area contributed by atoms with Gasteiger partial charge in [-0.1, -0.05) is 0 Å². The largest absolute Gasteiger partial charge is 0.416 e. The highest BCUT2D eigenvalue weighted by Crippen LogP contribution is 2.34. The fraction of sp³-hybridized carbons (Fsp3) is 0.353. The first-order chi connectivity index (χ1) is 12.8. The summed E-state index contributed by atoms with van der Waals surface area (Å²) < 4.78 is 39.6. The molecule has 1 amide bonds. The zero-order chi connectivity index (χ0) is 19.6. The van der Waals surface area contributed by atoms with Gasteiger partial charge in [0.05, 0.1) is 23.6 Å². The molecule has 1 aromatic heterocycles. The molecule has 6 nitrogen and oxygen atoms in total. The molecule has 1 aliphatic heterocycles. The van der Waals surface area contributed by atoms with Crippen molar-refractivity contribution in [3.05, 3.63) is 41.6 Å². The summed E-state index contributed by atoms with van der Waals surface area (Å²) in [7, 11) is 0. The molecule has 0 bridgehead atoms. The Kier molecular flexibility index (Phi) is 5.32. The van der Waals surface area contributed by atoms with Gasteiger partial charge in [-0.15, -0.1) is 0 Å². The van der Waals surface area contributed by atoms with Gasteiger partial charge < -0.3 is 11.1 Å². The predicted octanol–water partition coefficient (Wildman–Crippen LogP) is 3.56. The number of amides is 1. The van der Waals surface area contributed by atoms with Crippen LogP contribution in [0.1, 0.15) is 28.4 Å². The standard InChI is InChI=1S/C17H16F3N5OS/c18-17(19,20)11-1-3-12(4-2-11)23-16-13(15(22)26)8-25(24-16)14-5-6-27-9-10(14)7-21/h1-4,8,10,14H,5-6,9H2,(H2,22,26)(H,23,24)/t10-,14+/m1/s1. The van der Waals surface area contributed by atoms with Crippen molar-refractivity contribution in [3.8, 4) is 6.07 Å². The number of halogens is 3. The maximum Gasteiger partial charge on any atom is 0.416 e. The number of benzene rings is 1. The van der Waals surface area contributed by atoms with E-state index < -0.39 is 17.6 Å². The van der Waals surface area contributed by atoms with E-state index in [1.54, 1.807) is 16.4 Å². The second-order valence-corrected chi connectivity index (χ2v) is 7.25. The maximum absolute atomic E-state index is 12.7. The summed E-state index contributed by atoms with van der Waals surface area (Å²) in [5, 5.41) is 16.5. The zero-order valence-corrected chi connectivity index (χ0v) is 14.8. The van der Waals surface area contributed by atoms with Gasteiger partial charge in [-0.05, 0) is 36.4 Å². The highest BCUT2D eigenvalue weighted by atomic mass is 32.2. The van der Waals surface area contributed by atoms with E-state index in [0.29, 0.717) is 11.4 Å². The number of nitriles is 1. The number of nitrogens with two attached hydrogens (primary N) is 1. The number of nitrogens with one attached hydrogen (secondary N) is 1. The number of hydrogen-bond donors (Lipinski definition) is 2. The van der Waals surface area contributed by atoms with Gasteiger partial charge in [0, 0.05) is 17.6 Å². The Morgan fingerprint density at radius 3 is 2.67 bits per heavy atom. The van der Waals surface area contributed by atoms with Gasteiger partial charge in [-0.3, -0.25) is 9.48 Å². The fourth-order valence-electron chi connectivity index (χ4n) is 2.88. The van der Waals surface area contributed by atoms with Gasteiger partial charge in [0.15, 0.2) is 5.82 Å². The maximum atomic E-state index is 12.7. The quantitative estimate of drug-likeness (QED) is 0.825. The SMILES string of the molecule is N#C[C@@H]1CSCC[C@@H]1n1cc(C(N)=O)c(Nc2ccc(C(F)(F)F)cc2)n1. The Balaban J connectivity index is 1.88. The van der Waals surface area contributed by atoms with Crippen molar-refractivity contribution in [3.63, 3.8) is 0 Å². The Morgan fingerprint density at radius 2 is 2.07 bits per heavy atom. The van der Waals surface area contributed by atoms with Crippen LogP contribution in [0.3, 0.4) is 0 Å². The minimum absolute atomic E-state index is 0.116. The Labute approximate surface area is 157 Å². The zero-order valence-electron chi connectivity index (χ0n) is 14.0. The lowest BCUT2D eigenvalue weighted by molar-refractivity contribution is -0.137. The lowest BCUT2D eigenvalue weighted by atomic mass is 10.0. The number of aromatic nitrogens is 2. The molecule has 1 saturated heterocycles. The molecule has 10 heteroatoms. The number of primary amides is 1. The summed E-state index contributed by atoms with van der Waals surface area (Å²) in [6, 6.07) is 6.45. The van der Waals surface area contributed by atoms with Crippen LogP contribution < -0.4 is 11.1 Å². The number of alkyl halides is 3. The van der Waals surface area contributed by atoms with Crippen LogP contribution in [0.25, 0.3) is 0 Å². The molecule has 2 atom stereocenters. The third kappa shape index (κ3) is 4.19. The molecule has 2 aromatic rings. The smallest absolute Gasteiger partial charge is 0.365 e. The van der Waals surface area contributed by atoms with Crippen LogP contribution in [0.15, 0.2) is 30.5 Å². The molecule has 3 rings (SSSR count). The third-order valence-electron chi connectivity index (χ3n) is 4.30. The molecular weight excluding hydrogens is 379 g/mol. The topological polar surface area (TPSA) is 96.7 Å². The van der Waals surface area contributed by atoms with Crippen molar-refractivity contribution < 1.29 is 18.0 Å². The summed E-state index contributed by atoms with van der Waals surface area (Å²) >= 11 is 1.69. The van der Waals surface area contributed by atoms with Crippen LogP contribution >= 0.6 is 11.8 Å². The number of carbonyl (C=O) groups excluding carboxylic acids is 1. The molecular formula is C17H16F3N5OS. The first-order valence-corrected chi connectivity index (χ1v) is 9.25. The van der Waals surface area contributed by atoms with Crippen LogP contribution in [0.5, 0.6) is 0 Å². The molecule has 142 valence electrons. The fourth-order valence-corrected chi connectivity index (χ4v) is 4.01. The van der Waals surface area contributed by atoms with Crippen molar-refractivity contribution in [2.75, 3.05) is 16.8 Å². The molecule has 1 aliphatic rings. The van der Waals surface area contributed by atoms with Crippen LogP contribution in [0.4, 0.5) is 24.7 Å². The molecule has 0 unspecified atom stereocenters. The number of hydrogen-bond acceptors (Lipinski definition) is 5. The van der Waals surface area contributed by atoms with Gasteiger partial charge in [-0.2, -0.15) is 35.3 Å². The Bertz CT molecular complexity index is 872. The van der Waals surface area contributed by atoms with Crippen LogP contribution in [0.2, 0.25) is 0 Å². The molecule has 0 radical (unpaired) electrons. The van der Waals surface area contributed by atoms with E-state index >= 15 is 0 Å². The van der Waals surface area contributed by atoms with Crippen molar-refractivity contribution in [1.82, 2.24) is 9.78 Å². The monoisotopic (exact) mass is 395 g/mol. The number of thioether (sulfide) groups is 1. The average molecular weight is 395 g/mol. The van der Waals surface area contributed by atoms with E-state index in [4.69, 9.17) is 5.73 Å². The minimum Gasteiger partial charge on any atom is -0.365 e. The molecule has 0 saturated carbocycles. The van der Waals surface area contributed by atoms with Crippen LogP contribution in [-0.4, -0.2) is 27.2 Å². The first-order valence-electron chi connectivity index (χ1n) is 8.10. The van der Waals surface area contributed by atoms with Crippen molar-refractivity contribution in [1.29, 1.82) is 5.26 Å². The van der Waals surface area contributed by atoms with Crippen molar-refractivity contribution in [2.24, 2.45) is 11.7 Å². The first kappa shape index (κ1) is 19.1. The van der Waals surface area contributed by atoms with Gasteiger partial charge in [0.25, 0.3) is 5.91 Å². The number of nitrogens with zero attached hydrogens (tertiary/aromatic N) is 3. The summed E-state index contributed by atoms with van der Waals surface area (Å²) in [5.41, 5.74) is 5.09. The highest BCUT2D eigenvalue weighted by Gasteiger charge is 2.31. The second kappa shape index (κ2) is 7.52. The number of rotatable bonds is 4. The summed E-state index contributed by atoms with van der Waals surface area (Å²) in [6.07, 6.45) is -2.22. The molecule has 1 fully saturated rings. The van der Waals surface area contributed by atoms with Gasteiger partial charge in [0.2, 0.25) is 0 Å². The molecule has 0 aliphatic carbocycles. The molecule has 27 heavy (non-hydrogen) atoms. The Hall–Kier alpha value is -2.67. The average Bonchev–Trinajstić information content (AvgIpc) is 3.05. The molecule has 3 N–H and O–H groups in total. The van der Waals surface area contributed by atoms with E-state index in [2.05, 4.69) is 16.5 Å². The van der Waals surface area contributed by atoms with E-state index in [0.717, 1.165) is 24.3 Å². The van der Waals surface area contributed by atoms with Crippen LogP contribution in [-0.2, 0) is 6.18 Å². The van der Waals surface area contributed by atoms with Crippen molar-refractivity contribution in [2.45, 2.75) is 18.6 Å². The summed E-state index contributed by atoms with van der Waals surface area (Å²) in [4.78, 5) is 11.8. The third-order valence-corrected chi connectivity index (χ3v) is 5.42. The van der Waals surface area contributed by atoms with E-state index in [1.165, 1.54) is 18.3 Å². The summed E-state index contributed by atoms with van der Waals surface area (Å²) in [5.74, 6) is 0.736. The Morgan fingerprint density at radius 1 is 1.37 bits per heavy atom. The number of anilines is 2. The lowest BCUT2D eigenvalue weighted by Crippen LogP contribution is -2.25. The predicted molar refractivity (Wildman–Crippen MR) is 95.6 cm³/mol. The minimum atomic E-state index is -4.43. The van der Waals surface area contributed by atoms with E-state index in [-0.39, 0.29) is 23.3 Å². The molecule has 1 aromatic carbocycles. The van der Waals surface area contributed by atoms with E-state index in [9.17, 15) is 23.2 Å². The van der Waals surface area contributed by atoms with Crippen molar-refractivity contribution >= 4 is 29.2 Å². The molecule has 2 heterocycles.